The smallest absolute Gasteiger partial charge is 0.235 e. The predicted molar refractivity (Wildman–Crippen MR) is 59.2 cm³/mol. The number of benzene rings is 1. The van der Waals surface area contributed by atoms with E-state index in [1.54, 1.807) is 0 Å². The van der Waals surface area contributed by atoms with Gasteiger partial charge in [-0.05, 0) is 12.1 Å². The first-order valence-electron chi connectivity index (χ1n) is 3.99. The van der Waals surface area contributed by atoms with Crippen molar-refractivity contribution in [2.45, 2.75) is 0 Å². The summed E-state index contributed by atoms with van der Waals surface area (Å²) in [4.78, 5) is 0. The fourth-order valence-electron chi connectivity index (χ4n) is 0.889. The Kier molecular flexibility index (Phi) is 4.52. The molecule has 0 saturated heterocycles. The number of hydrogen-bond donors (Lipinski definition) is 0. The number of hydrogen-bond acceptors (Lipinski definition) is 3. The summed E-state index contributed by atoms with van der Waals surface area (Å²) >= 11 is 2.95. The maximum atomic E-state index is 13.1. The molecule has 0 radical (unpaired) electrons. The van der Waals surface area contributed by atoms with Crippen LogP contribution in [0.1, 0.15) is 0 Å². The van der Waals surface area contributed by atoms with Gasteiger partial charge in [0.2, 0.25) is 14.9 Å². The van der Waals surface area contributed by atoms with Gasteiger partial charge in [-0.3, -0.25) is 0 Å². The van der Waals surface area contributed by atoms with Crippen LogP contribution in [-0.4, -0.2) is 20.8 Å². The Hall–Kier alpha value is -0.400. The van der Waals surface area contributed by atoms with E-state index in [0.717, 1.165) is 6.07 Å². The largest absolute Gasteiger partial charge is 0.489 e. The quantitative estimate of drug-likeness (QED) is 0.627. The highest BCUT2D eigenvalue weighted by Crippen LogP contribution is 2.25. The van der Waals surface area contributed by atoms with Crippen molar-refractivity contribution in [2.24, 2.45) is 0 Å². The van der Waals surface area contributed by atoms with Gasteiger partial charge in [0.15, 0.2) is 11.6 Å². The third-order valence-corrected chi connectivity index (χ3v) is 3.12. The van der Waals surface area contributed by atoms with Crippen LogP contribution in [0.25, 0.3) is 0 Å². The van der Waals surface area contributed by atoms with E-state index in [1.807, 2.05) is 0 Å². The van der Waals surface area contributed by atoms with Crippen molar-refractivity contribution < 1.29 is 21.9 Å². The van der Waals surface area contributed by atoms with Gasteiger partial charge in [-0.15, -0.1) is 0 Å². The lowest BCUT2D eigenvalue weighted by Gasteiger charge is -2.07. The minimum Gasteiger partial charge on any atom is -0.489 e. The van der Waals surface area contributed by atoms with E-state index in [1.165, 1.54) is 6.07 Å². The molecule has 0 amide bonds. The molecule has 0 aromatic heterocycles. The van der Waals surface area contributed by atoms with Crippen LogP contribution in [0.3, 0.4) is 0 Å². The molecule has 0 bridgehead atoms. The van der Waals surface area contributed by atoms with Crippen LogP contribution in [-0.2, 0) is 9.05 Å². The van der Waals surface area contributed by atoms with E-state index in [9.17, 15) is 17.2 Å². The normalized spacial score (nSPS) is 11.5. The lowest BCUT2D eigenvalue weighted by molar-refractivity contribution is 0.315. The fourth-order valence-corrected chi connectivity index (χ4v) is 1.77. The summed E-state index contributed by atoms with van der Waals surface area (Å²) < 4.78 is 52.1. The molecule has 1 aromatic rings. The molecule has 0 heterocycles. The van der Waals surface area contributed by atoms with Crippen molar-refractivity contribution in [2.75, 3.05) is 12.4 Å². The lowest BCUT2D eigenvalue weighted by atomic mass is 10.3. The molecule has 0 N–H and O–H groups in total. The van der Waals surface area contributed by atoms with Crippen LogP contribution in [0, 0.1) is 11.6 Å². The van der Waals surface area contributed by atoms with E-state index < -0.39 is 26.4 Å². The van der Waals surface area contributed by atoms with Crippen molar-refractivity contribution in [1.29, 1.82) is 0 Å². The minimum atomic E-state index is -3.71. The zero-order valence-electron chi connectivity index (χ0n) is 7.71. The first kappa shape index (κ1) is 13.7. The number of rotatable bonds is 4. The standard InChI is InChI=1S/C8H6BrClF2O3S/c9-5-3-6(11)8(12)7(4-5)15-1-2-16(10,13)14/h3-4H,1-2H2. The van der Waals surface area contributed by atoms with Gasteiger partial charge in [-0.25, -0.2) is 12.8 Å². The average Bonchev–Trinajstić information content (AvgIpc) is 2.11. The molecule has 0 saturated carbocycles. The summed E-state index contributed by atoms with van der Waals surface area (Å²) in [6.45, 7) is -0.349. The molecule has 0 aliphatic carbocycles. The zero-order valence-corrected chi connectivity index (χ0v) is 10.9. The fraction of sp³-hybridized carbons (Fsp3) is 0.250. The third-order valence-electron chi connectivity index (χ3n) is 1.54. The van der Waals surface area contributed by atoms with Crippen LogP contribution < -0.4 is 4.74 Å². The second-order valence-corrected chi connectivity index (χ2v) is 6.60. The number of ether oxygens (including phenoxy) is 1. The van der Waals surface area contributed by atoms with Gasteiger partial charge in [0, 0.05) is 15.2 Å². The van der Waals surface area contributed by atoms with E-state index >= 15 is 0 Å². The molecule has 3 nitrogen and oxygen atoms in total. The maximum Gasteiger partial charge on any atom is 0.235 e. The summed E-state index contributed by atoms with van der Waals surface area (Å²) in [5, 5.41) is 0. The van der Waals surface area contributed by atoms with Gasteiger partial charge in [-0.1, -0.05) is 15.9 Å². The molecule has 0 aliphatic rings. The van der Waals surface area contributed by atoms with Gasteiger partial charge < -0.3 is 4.74 Å². The lowest BCUT2D eigenvalue weighted by Crippen LogP contribution is -2.10. The third kappa shape index (κ3) is 4.23. The Morgan fingerprint density at radius 1 is 1.38 bits per heavy atom. The molecule has 0 spiro atoms. The van der Waals surface area contributed by atoms with E-state index in [0.29, 0.717) is 0 Å². The molecule has 0 aliphatic heterocycles. The van der Waals surface area contributed by atoms with Gasteiger partial charge in [0.25, 0.3) is 0 Å². The van der Waals surface area contributed by atoms with Crippen molar-refractivity contribution >= 4 is 35.7 Å². The zero-order chi connectivity index (χ0) is 12.3. The van der Waals surface area contributed by atoms with Gasteiger partial charge in [0.05, 0.1) is 5.75 Å². The maximum absolute atomic E-state index is 13.1. The molecular formula is C8H6BrClF2O3S. The Morgan fingerprint density at radius 2 is 2.00 bits per heavy atom. The van der Waals surface area contributed by atoms with Crippen molar-refractivity contribution in [1.82, 2.24) is 0 Å². The van der Waals surface area contributed by atoms with Gasteiger partial charge >= 0.3 is 0 Å². The van der Waals surface area contributed by atoms with Crippen LogP contribution in [0.5, 0.6) is 5.75 Å². The van der Waals surface area contributed by atoms with E-state index in [2.05, 4.69) is 15.9 Å². The second-order valence-electron chi connectivity index (χ2n) is 2.79. The van der Waals surface area contributed by atoms with E-state index in [-0.39, 0.29) is 16.8 Å². The minimum absolute atomic E-state index is 0.287. The SMILES string of the molecule is O=S(=O)(Cl)CCOc1cc(Br)cc(F)c1F. The highest BCUT2D eigenvalue weighted by atomic mass is 79.9. The highest BCUT2D eigenvalue weighted by molar-refractivity contribution is 9.10. The Balaban J connectivity index is 2.75. The van der Waals surface area contributed by atoms with Crippen molar-refractivity contribution in [3.63, 3.8) is 0 Å². The van der Waals surface area contributed by atoms with Crippen LogP contribution >= 0.6 is 26.6 Å². The van der Waals surface area contributed by atoms with Gasteiger partial charge in [-0.2, -0.15) is 4.39 Å². The monoisotopic (exact) mass is 334 g/mol. The molecule has 0 fully saturated rings. The molecular weight excluding hydrogens is 330 g/mol. The average molecular weight is 336 g/mol. The van der Waals surface area contributed by atoms with Crippen molar-refractivity contribution in [3.8, 4) is 5.75 Å². The first-order valence-corrected chi connectivity index (χ1v) is 7.26. The molecule has 1 rings (SSSR count). The van der Waals surface area contributed by atoms with Crippen LogP contribution in [0.15, 0.2) is 16.6 Å². The van der Waals surface area contributed by atoms with Crippen LogP contribution in [0.4, 0.5) is 8.78 Å². The Labute approximate surface area is 104 Å². The highest BCUT2D eigenvalue weighted by Gasteiger charge is 2.12. The second kappa shape index (κ2) is 5.29. The topological polar surface area (TPSA) is 43.4 Å². The predicted octanol–water partition coefficient (Wildman–Crippen LogP) is 2.67. The summed E-state index contributed by atoms with van der Waals surface area (Å²) in [6, 6.07) is 2.12. The molecule has 1 aromatic carbocycles. The van der Waals surface area contributed by atoms with E-state index in [4.69, 9.17) is 15.4 Å². The number of halogens is 4. The summed E-state index contributed by atoms with van der Waals surface area (Å²) in [5.74, 6) is -3.11. The molecule has 8 heteroatoms. The molecule has 90 valence electrons. The summed E-state index contributed by atoms with van der Waals surface area (Å²) in [5.41, 5.74) is 0. The molecule has 16 heavy (non-hydrogen) atoms. The Morgan fingerprint density at radius 3 is 2.56 bits per heavy atom. The van der Waals surface area contributed by atoms with Gasteiger partial charge in [0.1, 0.15) is 6.61 Å². The molecule has 0 atom stereocenters. The van der Waals surface area contributed by atoms with Crippen molar-refractivity contribution in [3.05, 3.63) is 28.2 Å². The molecule has 0 unspecified atom stereocenters. The summed E-state index contributed by atoms with van der Waals surface area (Å²) in [6.07, 6.45) is 0. The summed E-state index contributed by atoms with van der Waals surface area (Å²) in [7, 11) is 1.21. The van der Waals surface area contributed by atoms with Crippen LogP contribution in [0.2, 0.25) is 0 Å². The first-order chi connectivity index (χ1) is 7.29. The Bertz CT molecular complexity index is 492.